The molecule has 0 atom stereocenters. The second kappa shape index (κ2) is 7.78. The molecular formula is C22H14BrClFNO2. The van der Waals surface area contributed by atoms with Gasteiger partial charge in [-0.3, -0.25) is 4.79 Å². The fraction of sp³-hybridized carbons (Fsp3) is 0.0455. The number of halogens is 3. The molecule has 28 heavy (non-hydrogen) atoms. The fourth-order valence-corrected chi connectivity index (χ4v) is 3.47. The Morgan fingerprint density at radius 3 is 2.79 bits per heavy atom. The summed E-state index contributed by atoms with van der Waals surface area (Å²) < 4.78 is 20.4. The monoisotopic (exact) mass is 457 g/mol. The van der Waals surface area contributed by atoms with E-state index in [9.17, 15) is 9.18 Å². The molecule has 3 aromatic carbocycles. The van der Waals surface area contributed by atoms with Crippen molar-refractivity contribution in [2.75, 3.05) is 5.32 Å². The summed E-state index contributed by atoms with van der Waals surface area (Å²) in [4.78, 5) is 12.3. The van der Waals surface area contributed by atoms with Gasteiger partial charge in [-0.25, -0.2) is 4.39 Å². The number of hydrogen-bond donors (Lipinski definition) is 1. The maximum atomic E-state index is 13.9. The van der Waals surface area contributed by atoms with E-state index in [2.05, 4.69) is 21.2 Å². The van der Waals surface area contributed by atoms with Crippen molar-refractivity contribution in [2.24, 2.45) is 0 Å². The molecule has 0 radical (unpaired) electrons. The van der Waals surface area contributed by atoms with E-state index in [-0.39, 0.29) is 18.3 Å². The van der Waals surface area contributed by atoms with Crippen molar-refractivity contribution < 1.29 is 13.9 Å². The van der Waals surface area contributed by atoms with Gasteiger partial charge in [0, 0.05) is 31.9 Å². The van der Waals surface area contributed by atoms with E-state index >= 15 is 0 Å². The second-order valence-electron chi connectivity index (χ2n) is 6.30. The first kappa shape index (κ1) is 18.7. The number of carbonyl (C=O) groups is 1. The van der Waals surface area contributed by atoms with E-state index in [1.807, 2.05) is 12.1 Å². The largest absolute Gasteiger partial charge is 0.489 e. The summed E-state index contributed by atoms with van der Waals surface area (Å²) in [6, 6.07) is 17.4. The number of carbonyl (C=O) groups excluding carboxylic acids is 1. The smallest absolute Gasteiger partial charge is 0.256 e. The molecule has 1 heterocycles. The standard InChI is InChI=1S/C22H14BrClFNO2/c23-15-5-4-14(20(25)10-15)12-28-17-3-1-2-13(8-17)9-19-18-11-16(24)6-7-21(18)26-22(19)27/h1-11H,12H2,(H,26,27)/b19-9-. The normalized spacial score (nSPS) is 14.1. The summed E-state index contributed by atoms with van der Waals surface area (Å²) in [6.45, 7) is 0.109. The maximum absolute atomic E-state index is 13.9. The summed E-state index contributed by atoms with van der Waals surface area (Å²) in [6.07, 6.45) is 1.78. The third-order valence-electron chi connectivity index (χ3n) is 4.34. The van der Waals surface area contributed by atoms with Crippen molar-refractivity contribution in [1.29, 1.82) is 0 Å². The number of benzene rings is 3. The van der Waals surface area contributed by atoms with Crippen LogP contribution in [0, 0.1) is 5.82 Å². The van der Waals surface area contributed by atoms with Crippen molar-refractivity contribution in [3.8, 4) is 5.75 Å². The molecule has 3 aromatic rings. The van der Waals surface area contributed by atoms with Crippen LogP contribution in [0.5, 0.6) is 5.75 Å². The van der Waals surface area contributed by atoms with Crippen molar-refractivity contribution in [3.05, 3.63) is 92.7 Å². The van der Waals surface area contributed by atoms with E-state index < -0.39 is 0 Å². The Hall–Kier alpha value is -2.63. The van der Waals surface area contributed by atoms with Crippen molar-refractivity contribution >= 4 is 50.8 Å². The van der Waals surface area contributed by atoms with Gasteiger partial charge >= 0.3 is 0 Å². The van der Waals surface area contributed by atoms with Crippen LogP contribution in [0.15, 0.2) is 65.1 Å². The van der Waals surface area contributed by atoms with Gasteiger partial charge in [0.05, 0.1) is 0 Å². The topological polar surface area (TPSA) is 38.3 Å². The number of nitrogens with one attached hydrogen (secondary N) is 1. The van der Waals surface area contributed by atoms with Gasteiger partial charge < -0.3 is 10.1 Å². The molecule has 3 nitrogen and oxygen atoms in total. The third kappa shape index (κ3) is 3.96. The number of anilines is 1. The highest BCUT2D eigenvalue weighted by atomic mass is 79.9. The molecule has 0 aliphatic carbocycles. The van der Waals surface area contributed by atoms with Gasteiger partial charge in [0.2, 0.25) is 0 Å². The van der Waals surface area contributed by atoms with E-state index in [1.54, 1.807) is 48.5 Å². The molecule has 6 heteroatoms. The Balaban J connectivity index is 1.57. The number of ether oxygens (including phenoxy) is 1. The Kier molecular flexibility index (Phi) is 5.20. The van der Waals surface area contributed by atoms with Crippen LogP contribution in [0.4, 0.5) is 10.1 Å². The highest BCUT2D eigenvalue weighted by Crippen LogP contribution is 2.35. The highest BCUT2D eigenvalue weighted by molar-refractivity contribution is 9.10. The van der Waals surface area contributed by atoms with Gasteiger partial charge in [-0.05, 0) is 54.1 Å². The van der Waals surface area contributed by atoms with E-state index in [0.29, 0.717) is 26.4 Å². The number of amides is 1. The zero-order valence-corrected chi connectivity index (χ0v) is 16.9. The number of hydrogen-bond acceptors (Lipinski definition) is 2. The molecule has 0 saturated carbocycles. The lowest BCUT2D eigenvalue weighted by Crippen LogP contribution is -2.03. The quantitative estimate of drug-likeness (QED) is 0.465. The molecule has 4 rings (SSSR count). The molecule has 1 aliphatic rings. The van der Waals surface area contributed by atoms with Gasteiger partial charge in [-0.1, -0.05) is 45.7 Å². The van der Waals surface area contributed by atoms with Gasteiger partial charge in [0.15, 0.2) is 0 Å². The minimum atomic E-state index is -0.330. The zero-order valence-electron chi connectivity index (χ0n) is 14.5. The van der Waals surface area contributed by atoms with Crippen LogP contribution in [-0.2, 0) is 11.4 Å². The molecule has 1 amide bonds. The SMILES string of the molecule is O=C1Nc2ccc(Cl)cc2/C1=C/c1cccc(OCc2ccc(Br)cc2F)c1. The summed E-state index contributed by atoms with van der Waals surface area (Å²) in [7, 11) is 0. The van der Waals surface area contributed by atoms with Crippen LogP contribution in [0.1, 0.15) is 16.7 Å². The lowest BCUT2D eigenvalue weighted by molar-refractivity contribution is -0.110. The minimum Gasteiger partial charge on any atom is -0.489 e. The van der Waals surface area contributed by atoms with Crippen molar-refractivity contribution in [1.82, 2.24) is 0 Å². The molecule has 0 unspecified atom stereocenters. The average molecular weight is 459 g/mol. The summed E-state index contributed by atoms with van der Waals surface area (Å²) in [5.41, 5.74) is 3.30. The summed E-state index contributed by atoms with van der Waals surface area (Å²) in [5, 5.41) is 3.39. The zero-order chi connectivity index (χ0) is 19.7. The predicted octanol–water partition coefficient (Wildman–Crippen LogP) is 6.31. The van der Waals surface area contributed by atoms with Gasteiger partial charge in [0.1, 0.15) is 18.2 Å². The molecule has 140 valence electrons. The van der Waals surface area contributed by atoms with Crippen molar-refractivity contribution in [2.45, 2.75) is 6.61 Å². The molecule has 0 spiro atoms. The predicted molar refractivity (Wildman–Crippen MR) is 113 cm³/mol. The van der Waals surface area contributed by atoms with E-state index in [0.717, 1.165) is 16.8 Å². The second-order valence-corrected chi connectivity index (χ2v) is 7.65. The van der Waals surface area contributed by atoms with Gasteiger partial charge in [0.25, 0.3) is 5.91 Å². The third-order valence-corrected chi connectivity index (χ3v) is 5.07. The summed E-state index contributed by atoms with van der Waals surface area (Å²) >= 11 is 9.30. The Labute approximate surface area is 174 Å². The fourth-order valence-electron chi connectivity index (χ4n) is 2.96. The summed E-state index contributed by atoms with van der Waals surface area (Å²) in [5.74, 6) is 0.0747. The Morgan fingerprint density at radius 2 is 1.96 bits per heavy atom. The first-order chi connectivity index (χ1) is 13.5. The van der Waals surface area contributed by atoms with Crippen LogP contribution >= 0.6 is 27.5 Å². The van der Waals surface area contributed by atoms with Crippen LogP contribution in [0.25, 0.3) is 11.6 Å². The van der Waals surface area contributed by atoms with Crippen LogP contribution < -0.4 is 10.1 Å². The van der Waals surface area contributed by atoms with Crippen LogP contribution in [-0.4, -0.2) is 5.91 Å². The lowest BCUT2D eigenvalue weighted by atomic mass is 10.0. The average Bonchev–Trinajstić information content (AvgIpc) is 2.96. The van der Waals surface area contributed by atoms with E-state index in [4.69, 9.17) is 16.3 Å². The molecular weight excluding hydrogens is 445 g/mol. The minimum absolute atomic E-state index is 0.109. The van der Waals surface area contributed by atoms with Gasteiger partial charge in [-0.15, -0.1) is 0 Å². The van der Waals surface area contributed by atoms with E-state index in [1.165, 1.54) is 6.07 Å². The Morgan fingerprint density at radius 1 is 1.11 bits per heavy atom. The molecule has 0 bridgehead atoms. The first-order valence-corrected chi connectivity index (χ1v) is 9.66. The molecule has 0 fully saturated rings. The number of rotatable bonds is 4. The molecule has 1 aliphatic heterocycles. The van der Waals surface area contributed by atoms with Crippen molar-refractivity contribution in [3.63, 3.8) is 0 Å². The van der Waals surface area contributed by atoms with Crippen LogP contribution in [0.2, 0.25) is 5.02 Å². The van der Waals surface area contributed by atoms with Gasteiger partial charge in [-0.2, -0.15) is 0 Å². The lowest BCUT2D eigenvalue weighted by Gasteiger charge is -2.08. The molecule has 0 saturated heterocycles. The Bertz CT molecular complexity index is 1110. The maximum Gasteiger partial charge on any atom is 0.256 e. The van der Waals surface area contributed by atoms with Crippen LogP contribution in [0.3, 0.4) is 0 Å². The molecule has 0 aromatic heterocycles. The molecule has 1 N–H and O–H groups in total. The highest BCUT2D eigenvalue weighted by Gasteiger charge is 2.24. The number of fused-ring (bicyclic) bond motifs is 1. The first-order valence-electron chi connectivity index (χ1n) is 8.49.